The highest BCUT2D eigenvalue weighted by molar-refractivity contribution is 14.1. The van der Waals surface area contributed by atoms with Crippen LogP contribution in [0, 0.1) is 3.57 Å². The largest absolute Gasteiger partial charge is 0.493 e. The summed E-state index contributed by atoms with van der Waals surface area (Å²) in [7, 11) is 3.16. The number of nitrogens with two attached hydrogens (primary N) is 2. The molecule has 2 rings (SSSR count). The number of anilines is 2. The molecule has 4 N–H and O–H groups in total. The number of benzene rings is 1. The first-order valence-electron chi connectivity index (χ1n) is 6.40. The van der Waals surface area contributed by atoms with E-state index >= 15 is 0 Å². The summed E-state index contributed by atoms with van der Waals surface area (Å²) in [4.78, 5) is 7.93. The Labute approximate surface area is 142 Å². The molecule has 8 heteroatoms. The van der Waals surface area contributed by atoms with Gasteiger partial charge in [-0.25, -0.2) is 4.98 Å². The average molecular weight is 416 g/mol. The van der Waals surface area contributed by atoms with Gasteiger partial charge >= 0.3 is 0 Å². The predicted molar refractivity (Wildman–Crippen MR) is 91.9 cm³/mol. The van der Waals surface area contributed by atoms with Gasteiger partial charge in [0.1, 0.15) is 5.82 Å². The first kappa shape index (κ1) is 16.6. The van der Waals surface area contributed by atoms with Crippen LogP contribution in [0.1, 0.15) is 11.1 Å². The van der Waals surface area contributed by atoms with E-state index in [-0.39, 0.29) is 12.7 Å². The van der Waals surface area contributed by atoms with Crippen LogP contribution in [0.4, 0.5) is 11.8 Å². The minimum atomic E-state index is 0.157. The zero-order valence-electron chi connectivity index (χ0n) is 12.3. The fourth-order valence-electron chi connectivity index (χ4n) is 1.92. The van der Waals surface area contributed by atoms with Crippen LogP contribution in [0.25, 0.3) is 0 Å². The lowest BCUT2D eigenvalue weighted by Gasteiger charge is -2.14. The summed E-state index contributed by atoms with van der Waals surface area (Å²) < 4.78 is 16.8. The third-order valence-corrected chi connectivity index (χ3v) is 3.72. The van der Waals surface area contributed by atoms with Crippen molar-refractivity contribution in [1.29, 1.82) is 0 Å². The zero-order chi connectivity index (χ0) is 16.1. The molecule has 0 aliphatic rings. The van der Waals surface area contributed by atoms with Crippen molar-refractivity contribution in [1.82, 2.24) is 9.97 Å². The van der Waals surface area contributed by atoms with Crippen molar-refractivity contribution in [3.63, 3.8) is 0 Å². The van der Waals surface area contributed by atoms with Crippen LogP contribution in [-0.4, -0.2) is 31.0 Å². The summed E-state index contributed by atoms with van der Waals surface area (Å²) in [5, 5.41) is 0. The Morgan fingerprint density at radius 1 is 1.23 bits per heavy atom. The molecule has 1 aromatic heterocycles. The molecule has 0 amide bonds. The van der Waals surface area contributed by atoms with E-state index < -0.39 is 0 Å². The van der Waals surface area contributed by atoms with E-state index in [0.29, 0.717) is 23.7 Å². The van der Waals surface area contributed by atoms with E-state index in [1.54, 1.807) is 20.4 Å². The van der Waals surface area contributed by atoms with Crippen LogP contribution >= 0.6 is 22.6 Å². The maximum absolute atomic E-state index is 5.87. The van der Waals surface area contributed by atoms with Crippen molar-refractivity contribution in [3.05, 3.63) is 33.0 Å². The second-order valence-corrected chi connectivity index (χ2v) is 5.64. The van der Waals surface area contributed by atoms with Crippen LogP contribution in [0.5, 0.6) is 11.5 Å². The summed E-state index contributed by atoms with van der Waals surface area (Å²) in [6, 6.07) is 3.88. The normalized spacial score (nSPS) is 10.5. The second-order valence-electron chi connectivity index (χ2n) is 4.48. The number of nitrogen functional groups attached to an aromatic ring is 2. The van der Waals surface area contributed by atoms with E-state index in [2.05, 4.69) is 32.6 Å². The van der Waals surface area contributed by atoms with E-state index in [0.717, 1.165) is 14.7 Å². The Balaban J connectivity index is 2.30. The Morgan fingerprint density at radius 3 is 2.64 bits per heavy atom. The molecule has 7 nitrogen and oxygen atoms in total. The maximum Gasteiger partial charge on any atom is 0.221 e. The van der Waals surface area contributed by atoms with Crippen LogP contribution in [0.15, 0.2) is 18.3 Å². The van der Waals surface area contributed by atoms with Gasteiger partial charge in [-0.3, -0.25) is 0 Å². The van der Waals surface area contributed by atoms with Crippen molar-refractivity contribution < 1.29 is 14.2 Å². The summed E-state index contributed by atoms with van der Waals surface area (Å²) in [6.07, 6.45) is 2.20. The zero-order valence-corrected chi connectivity index (χ0v) is 14.5. The van der Waals surface area contributed by atoms with Crippen LogP contribution in [0.2, 0.25) is 0 Å². The van der Waals surface area contributed by atoms with Crippen molar-refractivity contribution in [2.75, 3.05) is 32.5 Å². The van der Waals surface area contributed by atoms with Gasteiger partial charge in [0.05, 0.1) is 10.7 Å². The monoisotopic (exact) mass is 416 g/mol. The number of nitrogens with zero attached hydrogens (tertiary/aromatic N) is 2. The van der Waals surface area contributed by atoms with Gasteiger partial charge < -0.3 is 25.7 Å². The minimum Gasteiger partial charge on any atom is -0.493 e. The van der Waals surface area contributed by atoms with Gasteiger partial charge in [-0.1, -0.05) is 0 Å². The summed E-state index contributed by atoms with van der Waals surface area (Å²) in [5.74, 6) is 1.82. The minimum absolute atomic E-state index is 0.157. The molecule has 0 spiro atoms. The van der Waals surface area contributed by atoms with Gasteiger partial charge in [-0.15, -0.1) is 0 Å². The summed E-state index contributed by atoms with van der Waals surface area (Å²) in [6.45, 7) is 0.157. The number of ether oxygens (including phenoxy) is 3. The molecule has 0 saturated carbocycles. The molecule has 0 saturated heterocycles. The highest BCUT2D eigenvalue weighted by Crippen LogP contribution is 2.34. The quantitative estimate of drug-likeness (QED) is 0.547. The number of hydrogen-bond donors (Lipinski definition) is 2. The Hall–Kier alpha value is -1.81. The molecule has 118 valence electrons. The highest BCUT2D eigenvalue weighted by atomic mass is 127. The third-order valence-electron chi connectivity index (χ3n) is 2.92. The Morgan fingerprint density at radius 2 is 2.00 bits per heavy atom. The van der Waals surface area contributed by atoms with Crippen molar-refractivity contribution in [3.8, 4) is 11.5 Å². The second kappa shape index (κ2) is 7.45. The first-order valence-corrected chi connectivity index (χ1v) is 7.48. The molecule has 0 bridgehead atoms. The number of rotatable bonds is 6. The van der Waals surface area contributed by atoms with Gasteiger partial charge in [0.15, 0.2) is 18.3 Å². The molecule has 0 fully saturated rings. The molecule has 0 radical (unpaired) electrons. The Kier molecular flexibility index (Phi) is 5.61. The Bertz CT molecular complexity index is 667. The van der Waals surface area contributed by atoms with Gasteiger partial charge in [0.25, 0.3) is 0 Å². The highest BCUT2D eigenvalue weighted by Gasteiger charge is 2.13. The fourth-order valence-corrected chi connectivity index (χ4v) is 2.75. The summed E-state index contributed by atoms with van der Waals surface area (Å²) in [5.41, 5.74) is 13.2. The van der Waals surface area contributed by atoms with Crippen molar-refractivity contribution in [2.45, 2.75) is 6.42 Å². The fraction of sp³-hybridized carbons (Fsp3) is 0.286. The number of methoxy groups -OCH3 is 2. The predicted octanol–water partition coefficient (Wildman–Crippen LogP) is 1.83. The third kappa shape index (κ3) is 3.89. The topological polar surface area (TPSA) is 106 Å². The van der Waals surface area contributed by atoms with Crippen molar-refractivity contribution >= 4 is 34.4 Å². The molecule has 22 heavy (non-hydrogen) atoms. The lowest BCUT2D eigenvalue weighted by atomic mass is 10.1. The lowest BCUT2D eigenvalue weighted by Crippen LogP contribution is -2.05. The van der Waals surface area contributed by atoms with Crippen molar-refractivity contribution in [2.24, 2.45) is 0 Å². The maximum atomic E-state index is 5.87. The van der Waals surface area contributed by atoms with E-state index in [9.17, 15) is 0 Å². The SMILES string of the molecule is COCOc1c(I)cc(Cc2cnc(N)nc2N)cc1OC. The molecule has 0 aliphatic heterocycles. The average Bonchev–Trinajstić information content (AvgIpc) is 2.48. The molecule has 0 atom stereocenters. The smallest absolute Gasteiger partial charge is 0.221 e. The van der Waals surface area contributed by atoms with Crippen LogP contribution < -0.4 is 20.9 Å². The van der Waals surface area contributed by atoms with Crippen LogP contribution in [0.3, 0.4) is 0 Å². The van der Waals surface area contributed by atoms with Gasteiger partial charge in [0.2, 0.25) is 5.95 Å². The van der Waals surface area contributed by atoms with E-state index in [1.165, 1.54) is 0 Å². The van der Waals surface area contributed by atoms with Gasteiger partial charge in [-0.05, 0) is 40.3 Å². The number of hydrogen-bond acceptors (Lipinski definition) is 7. The molecule has 1 heterocycles. The number of halogens is 1. The molecule has 0 aliphatic carbocycles. The standard InChI is InChI=1S/C14H17IN4O3/c1-20-7-22-12-10(15)4-8(5-11(12)21-2)3-9-6-18-14(17)19-13(9)16/h4-6H,3,7H2,1-2H3,(H4,16,17,18,19). The molecule has 1 aromatic carbocycles. The van der Waals surface area contributed by atoms with Gasteiger partial charge in [0, 0.05) is 25.3 Å². The molecular weight excluding hydrogens is 399 g/mol. The molecule has 0 unspecified atom stereocenters. The van der Waals surface area contributed by atoms with Crippen LogP contribution in [-0.2, 0) is 11.2 Å². The first-order chi connectivity index (χ1) is 10.5. The summed E-state index contributed by atoms with van der Waals surface area (Å²) >= 11 is 2.19. The van der Waals surface area contributed by atoms with Gasteiger partial charge in [-0.2, -0.15) is 4.98 Å². The number of aromatic nitrogens is 2. The molecular formula is C14H17IN4O3. The van der Waals surface area contributed by atoms with E-state index in [1.807, 2.05) is 12.1 Å². The van der Waals surface area contributed by atoms with E-state index in [4.69, 9.17) is 25.7 Å². The lowest BCUT2D eigenvalue weighted by molar-refractivity contribution is 0.0485. The molecule has 2 aromatic rings.